The van der Waals surface area contributed by atoms with E-state index in [2.05, 4.69) is 0 Å². The molecule has 0 bridgehead atoms. The van der Waals surface area contributed by atoms with Crippen molar-refractivity contribution >= 4 is 5.78 Å². The van der Waals surface area contributed by atoms with Crippen molar-refractivity contribution in [2.24, 2.45) is 0 Å². The summed E-state index contributed by atoms with van der Waals surface area (Å²) in [4.78, 5) is 12.4. The fourth-order valence-corrected chi connectivity index (χ4v) is 1.10. The van der Waals surface area contributed by atoms with Gasteiger partial charge in [0.25, 0.3) is 0 Å². The minimum atomic E-state index is -0.436. The summed E-state index contributed by atoms with van der Waals surface area (Å²) in [5.74, 6) is -0.591. The highest BCUT2D eigenvalue weighted by atomic mass is 19.1. The summed E-state index contributed by atoms with van der Waals surface area (Å²) in [5.41, 5.74) is 0.184. The number of rotatable bonds is 3. The van der Waals surface area contributed by atoms with E-state index >= 15 is 0 Å². The Balaban J connectivity index is 2.83. The second-order valence-corrected chi connectivity index (χ2v) is 3.29. The van der Waals surface area contributed by atoms with Crippen LogP contribution in [0.4, 0.5) is 4.39 Å². The fourth-order valence-electron chi connectivity index (χ4n) is 1.10. The minimum Gasteiger partial charge on any atom is -0.333 e. The molecule has 0 amide bonds. The fraction of sp³-hybridized carbons (Fsp3) is 0.300. The summed E-state index contributed by atoms with van der Waals surface area (Å²) in [6, 6.07) is 6.06. The van der Waals surface area contributed by atoms with Crippen LogP contribution in [0.5, 0.6) is 0 Å². The van der Waals surface area contributed by atoms with E-state index in [9.17, 15) is 9.18 Å². The van der Waals surface area contributed by atoms with Gasteiger partial charge in [0.2, 0.25) is 5.78 Å². The summed E-state index contributed by atoms with van der Waals surface area (Å²) in [6.07, 6.45) is 0. The molecule has 0 atom stereocenters. The van der Waals surface area contributed by atoms with Gasteiger partial charge in [-0.2, -0.15) is 0 Å². The van der Waals surface area contributed by atoms with Gasteiger partial charge < -0.3 is 4.90 Å². The first-order valence-electron chi connectivity index (χ1n) is 4.18. The molecule has 0 saturated heterocycles. The number of carbonyl (C=O) groups is 1. The molecule has 0 saturated carbocycles. The molecule has 1 aromatic carbocycles. The molecular formula is C10H13FNO+. The average Bonchev–Trinajstić information content (AvgIpc) is 2.03. The highest BCUT2D eigenvalue weighted by Crippen LogP contribution is 2.05. The number of ketones is 1. The summed E-state index contributed by atoms with van der Waals surface area (Å²) in [5, 5.41) is 0. The van der Waals surface area contributed by atoms with E-state index in [1.807, 2.05) is 14.1 Å². The zero-order valence-corrected chi connectivity index (χ0v) is 7.80. The molecule has 0 aliphatic rings. The van der Waals surface area contributed by atoms with Crippen molar-refractivity contribution in [3.05, 3.63) is 35.6 Å². The zero-order chi connectivity index (χ0) is 9.84. The molecular weight excluding hydrogens is 169 g/mol. The maximum absolute atomic E-state index is 13.1. The van der Waals surface area contributed by atoms with Crippen LogP contribution in [0.15, 0.2) is 24.3 Å². The maximum Gasteiger partial charge on any atom is 0.219 e. The molecule has 0 aliphatic carbocycles. The van der Waals surface area contributed by atoms with Crippen molar-refractivity contribution in [3.63, 3.8) is 0 Å². The Bertz CT molecular complexity index is 310. The maximum atomic E-state index is 13.1. The SMILES string of the molecule is C[NH+](C)CC(=O)c1ccccc1F. The number of nitrogens with one attached hydrogen (secondary N) is 1. The Morgan fingerprint density at radius 1 is 1.38 bits per heavy atom. The third-order valence-electron chi connectivity index (χ3n) is 1.69. The summed E-state index contributed by atoms with van der Waals surface area (Å²) in [6.45, 7) is 0.320. The second kappa shape index (κ2) is 4.14. The lowest BCUT2D eigenvalue weighted by Gasteiger charge is -2.06. The summed E-state index contributed by atoms with van der Waals surface area (Å²) >= 11 is 0. The number of Topliss-reactive ketones (excluding diaryl/α,β-unsaturated/α-hetero) is 1. The topological polar surface area (TPSA) is 21.5 Å². The van der Waals surface area contributed by atoms with Gasteiger partial charge in [-0.1, -0.05) is 12.1 Å². The molecule has 3 heteroatoms. The first-order chi connectivity index (χ1) is 6.11. The molecule has 0 heterocycles. The molecule has 0 spiro atoms. The lowest BCUT2D eigenvalue weighted by Crippen LogP contribution is -3.06. The molecule has 13 heavy (non-hydrogen) atoms. The molecule has 0 fully saturated rings. The quantitative estimate of drug-likeness (QED) is 0.660. The van der Waals surface area contributed by atoms with Crippen LogP contribution in [0.3, 0.4) is 0 Å². The number of carbonyl (C=O) groups excluding carboxylic acids is 1. The van der Waals surface area contributed by atoms with E-state index in [1.165, 1.54) is 12.1 Å². The van der Waals surface area contributed by atoms with E-state index in [1.54, 1.807) is 12.1 Å². The Kier molecular flexibility index (Phi) is 3.14. The Morgan fingerprint density at radius 3 is 2.54 bits per heavy atom. The number of benzene rings is 1. The molecule has 0 aliphatic heterocycles. The van der Waals surface area contributed by atoms with Crippen LogP contribution >= 0.6 is 0 Å². The molecule has 1 rings (SSSR count). The molecule has 1 N–H and O–H groups in total. The van der Waals surface area contributed by atoms with Crippen LogP contribution in [0, 0.1) is 5.82 Å². The van der Waals surface area contributed by atoms with Crippen LogP contribution in [-0.2, 0) is 0 Å². The van der Waals surface area contributed by atoms with E-state index < -0.39 is 5.82 Å². The Hall–Kier alpha value is -1.22. The molecule has 0 aromatic heterocycles. The molecule has 0 unspecified atom stereocenters. The van der Waals surface area contributed by atoms with Crippen molar-refractivity contribution in [2.75, 3.05) is 20.6 Å². The smallest absolute Gasteiger partial charge is 0.219 e. The van der Waals surface area contributed by atoms with Gasteiger partial charge >= 0.3 is 0 Å². The Morgan fingerprint density at radius 2 is 2.00 bits per heavy atom. The van der Waals surface area contributed by atoms with E-state index in [0.29, 0.717) is 6.54 Å². The number of hydrogen-bond acceptors (Lipinski definition) is 1. The first-order valence-corrected chi connectivity index (χ1v) is 4.18. The zero-order valence-electron chi connectivity index (χ0n) is 7.80. The van der Waals surface area contributed by atoms with Crippen LogP contribution in [0.1, 0.15) is 10.4 Å². The third-order valence-corrected chi connectivity index (χ3v) is 1.69. The van der Waals surface area contributed by atoms with Gasteiger partial charge in [0, 0.05) is 0 Å². The standard InChI is InChI=1S/C10H12FNO/c1-12(2)7-10(13)8-5-3-4-6-9(8)11/h3-6H,7H2,1-2H3/p+1. The number of hydrogen-bond donors (Lipinski definition) is 1. The average molecular weight is 182 g/mol. The van der Waals surface area contributed by atoms with Crippen molar-refractivity contribution in [1.82, 2.24) is 0 Å². The van der Waals surface area contributed by atoms with Gasteiger partial charge in [0.05, 0.1) is 19.7 Å². The predicted octanol–water partition coefficient (Wildman–Crippen LogP) is 0.153. The number of quaternary nitrogens is 1. The van der Waals surface area contributed by atoms with Crippen molar-refractivity contribution in [3.8, 4) is 0 Å². The van der Waals surface area contributed by atoms with Crippen molar-refractivity contribution in [1.29, 1.82) is 0 Å². The number of likely N-dealkylation sites (N-methyl/N-ethyl adjacent to an activating group) is 1. The van der Waals surface area contributed by atoms with Crippen LogP contribution in [0.2, 0.25) is 0 Å². The van der Waals surface area contributed by atoms with E-state index in [-0.39, 0.29) is 11.3 Å². The molecule has 0 radical (unpaired) electrons. The van der Waals surface area contributed by atoms with Gasteiger partial charge in [0.15, 0.2) is 0 Å². The highest BCUT2D eigenvalue weighted by Gasteiger charge is 2.13. The van der Waals surface area contributed by atoms with E-state index in [0.717, 1.165) is 4.90 Å². The Labute approximate surface area is 77.0 Å². The van der Waals surface area contributed by atoms with Crippen molar-refractivity contribution < 1.29 is 14.1 Å². The summed E-state index contributed by atoms with van der Waals surface area (Å²) < 4.78 is 13.1. The predicted molar refractivity (Wildman–Crippen MR) is 48.4 cm³/mol. The molecule has 70 valence electrons. The largest absolute Gasteiger partial charge is 0.333 e. The van der Waals surface area contributed by atoms with E-state index in [4.69, 9.17) is 0 Å². The molecule has 1 aromatic rings. The monoisotopic (exact) mass is 182 g/mol. The van der Waals surface area contributed by atoms with Crippen LogP contribution < -0.4 is 4.90 Å². The molecule has 2 nitrogen and oxygen atoms in total. The first kappa shape index (κ1) is 9.86. The minimum absolute atomic E-state index is 0.155. The van der Waals surface area contributed by atoms with Gasteiger partial charge in [-0.25, -0.2) is 4.39 Å². The second-order valence-electron chi connectivity index (χ2n) is 3.29. The lowest BCUT2D eigenvalue weighted by molar-refractivity contribution is -0.848. The third kappa shape index (κ3) is 2.63. The lowest BCUT2D eigenvalue weighted by atomic mass is 10.1. The summed E-state index contributed by atoms with van der Waals surface area (Å²) in [7, 11) is 3.72. The van der Waals surface area contributed by atoms with Crippen LogP contribution in [-0.4, -0.2) is 26.4 Å². The van der Waals surface area contributed by atoms with Gasteiger partial charge in [-0.15, -0.1) is 0 Å². The van der Waals surface area contributed by atoms with Gasteiger partial charge in [0.1, 0.15) is 12.4 Å². The van der Waals surface area contributed by atoms with Gasteiger partial charge in [-0.05, 0) is 12.1 Å². The number of halogens is 1. The van der Waals surface area contributed by atoms with Crippen molar-refractivity contribution in [2.45, 2.75) is 0 Å². The highest BCUT2D eigenvalue weighted by molar-refractivity contribution is 5.97. The van der Waals surface area contributed by atoms with Gasteiger partial charge in [-0.3, -0.25) is 4.79 Å². The van der Waals surface area contributed by atoms with Crippen LogP contribution in [0.25, 0.3) is 0 Å². The normalized spacial score (nSPS) is 10.5.